The van der Waals surface area contributed by atoms with Gasteiger partial charge in [-0.1, -0.05) is 12.8 Å². The van der Waals surface area contributed by atoms with Crippen molar-refractivity contribution in [2.75, 3.05) is 20.7 Å². The number of carboxylic acids is 1. The van der Waals surface area contributed by atoms with Gasteiger partial charge in [-0.25, -0.2) is 8.42 Å². The molecule has 1 N–H and O–H groups in total. The van der Waals surface area contributed by atoms with Gasteiger partial charge in [0.25, 0.3) is 0 Å². The molecule has 0 heterocycles. The van der Waals surface area contributed by atoms with E-state index in [1.807, 2.05) is 0 Å². The van der Waals surface area contributed by atoms with Crippen molar-refractivity contribution in [1.29, 1.82) is 0 Å². The number of carbonyl (C=O) groups excluding carboxylic acids is 1. The Morgan fingerprint density at radius 2 is 1.89 bits per heavy atom. The predicted octanol–water partition coefficient (Wildman–Crippen LogP) is 0.0644. The van der Waals surface area contributed by atoms with Gasteiger partial charge in [-0.15, -0.1) is 0 Å². The summed E-state index contributed by atoms with van der Waals surface area (Å²) in [6.07, 6.45) is 2.29. The summed E-state index contributed by atoms with van der Waals surface area (Å²) in [5.74, 6) is -2.48. The summed E-state index contributed by atoms with van der Waals surface area (Å²) in [4.78, 5) is 22.3. The van der Waals surface area contributed by atoms with Crippen LogP contribution in [0.3, 0.4) is 0 Å². The number of sulfonamides is 1. The number of rotatable bonds is 5. The lowest BCUT2D eigenvalue weighted by Crippen LogP contribution is -2.46. The molecule has 0 aromatic carbocycles. The molecule has 0 amide bonds. The Morgan fingerprint density at radius 3 is 2.42 bits per heavy atom. The smallest absolute Gasteiger partial charge is 0.318 e. The summed E-state index contributed by atoms with van der Waals surface area (Å²) in [5, 5.41) is 7.78. The quantitative estimate of drug-likeness (QED) is 0.720. The van der Waals surface area contributed by atoms with Crippen molar-refractivity contribution in [1.82, 2.24) is 4.31 Å². The number of methoxy groups -OCH3 is 1. The zero-order chi connectivity index (χ0) is 14.6. The van der Waals surface area contributed by atoms with Gasteiger partial charge in [-0.2, -0.15) is 4.31 Å². The number of carbonyl (C=O) groups is 2. The molecule has 8 heteroatoms. The highest BCUT2D eigenvalue weighted by Gasteiger charge is 2.42. The maximum Gasteiger partial charge on any atom is 0.318 e. The second-order valence-electron chi connectivity index (χ2n) is 4.65. The molecule has 0 radical (unpaired) electrons. The highest BCUT2D eigenvalue weighted by molar-refractivity contribution is 7.89. The molecule has 110 valence electrons. The molecule has 2 atom stereocenters. The van der Waals surface area contributed by atoms with Crippen LogP contribution in [0.2, 0.25) is 0 Å². The van der Waals surface area contributed by atoms with Crippen molar-refractivity contribution in [3.8, 4) is 0 Å². The molecule has 2 unspecified atom stereocenters. The Bertz CT molecular complexity index is 446. The number of nitrogens with zero attached hydrogens (tertiary/aromatic N) is 1. The summed E-state index contributed by atoms with van der Waals surface area (Å²) in [5.41, 5.74) is 0. The van der Waals surface area contributed by atoms with Crippen molar-refractivity contribution >= 4 is 22.0 Å². The van der Waals surface area contributed by atoms with Crippen molar-refractivity contribution in [3.05, 3.63) is 0 Å². The number of hydrogen-bond acceptors (Lipinski definition) is 5. The second kappa shape index (κ2) is 6.33. The van der Waals surface area contributed by atoms with E-state index in [4.69, 9.17) is 5.11 Å². The Morgan fingerprint density at radius 1 is 1.32 bits per heavy atom. The molecule has 1 aliphatic carbocycles. The molecule has 7 nitrogen and oxygen atoms in total. The molecule has 1 fully saturated rings. The van der Waals surface area contributed by atoms with Gasteiger partial charge < -0.3 is 9.84 Å². The lowest BCUT2D eigenvalue weighted by Gasteiger charge is -2.31. The molecule has 1 aliphatic rings. The van der Waals surface area contributed by atoms with Crippen LogP contribution in [0.15, 0.2) is 0 Å². The Balaban J connectivity index is 2.95. The van der Waals surface area contributed by atoms with E-state index in [0.29, 0.717) is 19.3 Å². The lowest BCUT2D eigenvalue weighted by molar-refractivity contribution is -0.146. The Kier molecular flexibility index (Phi) is 5.30. The summed E-state index contributed by atoms with van der Waals surface area (Å²) < 4.78 is 30.0. The normalized spacial score (nSPS) is 24.2. The average Bonchev–Trinajstić information content (AvgIpc) is 2.37. The van der Waals surface area contributed by atoms with Crippen LogP contribution in [0.4, 0.5) is 0 Å². The number of esters is 1. The Hall–Kier alpha value is -1.15. The van der Waals surface area contributed by atoms with Crippen molar-refractivity contribution in [2.45, 2.75) is 30.9 Å². The standard InChI is InChI=1S/C11H19NO6S/c1-12(7-10(13)14)19(16,17)9-6-4-3-5-8(9)11(15)18-2/h8-9H,3-7H2,1-2H3,(H,13,14). The molecular weight excluding hydrogens is 274 g/mol. The third-order valence-corrected chi connectivity index (χ3v) is 5.71. The minimum Gasteiger partial charge on any atom is -0.480 e. The first kappa shape index (κ1) is 15.9. The van der Waals surface area contributed by atoms with Gasteiger partial charge in [0, 0.05) is 7.05 Å². The first-order valence-corrected chi connectivity index (χ1v) is 7.55. The fraction of sp³-hybridized carbons (Fsp3) is 0.818. The molecule has 0 aromatic rings. The van der Waals surface area contributed by atoms with E-state index in [9.17, 15) is 18.0 Å². The van der Waals surface area contributed by atoms with Gasteiger partial charge in [-0.05, 0) is 12.8 Å². The fourth-order valence-electron chi connectivity index (χ4n) is 2.39. The molecule has 0 saturated heterocycles. The number of likely N-dealkylation sites (N-methyl/N-ethyl adjacent to an activating group) is 1. The molecule has 19 heavy (non-hydrogen) atoms. The number of carboxylic acid groups (broad SMARTS) is 1. The van der Waals surface area contributed by atoms with E-state index >= 15 is 0 Å². The van der Waals surface area contributed by atoms with Crippen molar-refractivity contribution < 1.29 is 27.9 Å². The van der Waals surface area contributed by atoms with Gasteiger partial charge >= 0.3 is 11.9 Å². The molecule has 1 saturated carbocycles. The summed E-state index contributed by atoms with van der Waals surface area (Å²) in [6.45, 7) is -0.604. The highest BCUT2D eigenvalue weighted by atomic mass is 32.2. The molecule has 0 aromatic heterocycles. The van der Waals surface area contributed by atoms with E-state index in [2.05, 4.69) is 4.74 Å². The van der Waals surface area contributed by atoms with Crippen LogP contribution in [0.5, 0.6) is 0 Å². The maximum atomic E-state index is 12.3. The van der Waals surface area contributed by atoms with Gasteiger partial charge in [-0.3, -0.25) is 9.59 Å². The number of ether oxygens (including phenoxy) is 1. The van der Waals surface area contributed by atoms with E-state index in [-0.39, 0.29) is 0 Å². The maximum absolute atomic E-state index is 12.3. The van der Waals surface area contributed by atoms with Gasteiger partial charge in [0.2, 0.25) is 10.0 Å². The predicted molar refractivity (Wildman–Crippen MR) is 66.9 cm³/mol. The zero-order valence-corrected chi connectivity index (χ0v) is 11.9. The second-order valence-corrected chi connectivity index (χ2v) is 6.91. The van der Waals surface area contributed by atoms with Crippen molar-refractivity contribution in [3.63, 3.8) is 0 Å². The van der Waals surface area contributed by atoms with E-state index in [1.54, 1.807) is 0 Å². The SMILES string of the molecule is COC(=O)C1CCCCC1S(=O)(=O)N(C)CC(=O)O. The number of hydrogen-bond donors (Lipinski definition) is 1. The monoisotopic (exact) mass is 293 g/mol. The van der Waals surface area contributed by atoms with E-state index in [1.165, 1.54) is 14.2 Å². The van der Waals surface area contributed by atoms with Crippen LogP contribution in [-0.2, 0) is 24.3 Å². The van der Waals surface area contributed by atoms with Crippen LogP contribution < -0.4 is 0 Å². The highest BCUT2D eigenvalue weighted by Crippen LogP contribution is 2.31. The molecule has 0 bridgehead atoms. The summed E-state index contributed by atoms with van der Waals surface area (Å²) in [7, 11) is -1.37. The van der Waals surface area contributed by atoms with Gasteiger partial charge in [0.15, 0.2) is 0 Å². The van der Waals surface area contributed by atoms with Crippen molar-refractivity contribution in [2.24, 2.45) is 5.92 Å². The van der Waals surface area contributed by atoms with Gasteiger partial charge in [0.05, 0.1) is 18.3 Å². The van der Waals surface area contributed by atoms with Crippen LogP contribution >= 0.6 is 0 Å². The molecule has 0 aliphatic heterocycles. The van der Waals surface area contributed by atoms with Crippen LogP contribution in [-0.4, -0.2) is 55.7 Å². The number of aliphatic carboxylic acids is 1. The van der Waals surface area contributed by atoms with E-state index in [0.717, 1.165) is 10.7 Å². The van der Waals surface area contributed by atoms with Crippen LogP contribution in [0, 0.1) is 5.92 Å². The van der Waals surface area contributed by atoms with Gasteiger partial charge in [0.1, 0.15) is 6.54 Å². The Labute approximate surface area is 112 Å². The average molecular weight is 293 g/mol. The van der Waals surface area contributed by atoms with E-state index < -0.39 is 39.7 Å². The minimum absolute atomic E-state index is 0.353. The third kappa shape index (κ3) is 3.66. The third-order valence-electron chi connectivity index (χ3n) is 3.38. The van der Waals surface area contributed by atoms with Crippen LogP contribution in [0.25, 0.3) is 0 Å². The zero-order valence-electron chi connectivity index (χ0n) is 11.0. The minimum atomic E-state index is -3.81. The van der Waals surface area contributed by atoms with Crippen LogP contribution in [0.1, 0.15) is 25.7 Å². The first-order valence-electron chi connectivity index (χ1n) is 6.05. The largest absolute Gasteiger partial charge is 0.480 e. The fourth-order valence-corrected chi connectivity index (χ4v) is 4.27. The summed E-state index contributed by atoms with van der Waals surface area (Å²) in [6, 6.07) is 0. The molecule has 0 spiro atoms. The first-order chi connectivity index (χ1) is 8.80. The topological polar surface area (TPSA) is 101 Å². The lowest BCUT2D eigenvalue weighted by atomic mass is 9.89. The summed E-state index contributed by atoms with van der Waals surface area (Å²) >= 11 is 0. The molecule has 1 rings (SSSR count). The molecular formula is C11H19NO6S.